The molecule has 0 bridgehead atoms. The lowest BCUT2D eigenvalue weighted by Crippen LogP contribution is -2.18. The van der Waals surface area contributed by atoms with Crippen molar-refractivity contribution in [3.63, 3.8) is 0 Å². The van der Waals surface area contributed by atoms with E-state index in [4.69, 9.17) is 9.47 Å². The second-order valence-electron chi connectivity index (χ2n) is 4.52. The first-order valence-electron chi connectivity index (χ1n) is 6.78. The highest BCUT2D eigenvalue weighted by atomic mass is 16.6. The van der Waals surface area contributed by atoms with E-state index in [1.165, 1.54) is 6.08 Å². The molecular formula is C18H16O4. The highest BCUT2D eigenvalue weighted by molar-refractivity contribution is 5.78. The van der Waals surface area contributed by atoms with Crippen LogP contribution >= 0.6 is 0 Å². The van der Waals surface area contributed by atoms with Crippen molar-refractivity contribution in [2.45, 2.75) is 6.10 Å². The largest absolute Gasteiger partial charge is 0.458 e. The molecule has 2 aromatic rings. The summed E-state index contributed by atoms with van der Waals surface area (Å²) in [6, 6.07) is 17.1. The van der Waals surface area contributed by atoms with Crippen LogP contribution < -0.4 is 0 Å². The van der Waals surface area contributed by atoms with Gasteiger partial charge in [0, 0.05) is 5.56 Å². The van der Waals surface area contributed by atoms with Gasteiger partial charge in [-0.15, -0.1) is 0 Å². The smallest absolute Gasteiger partial charge is 0.352 e. The van der Waals surface area contributed by atoms with E-state index in [9.17, 15) is 9.59 Å². The zero-order valence-electron chi connectivity index (χ0n) is 12.0. The Morgan fingerprint density at radius 1 is 1.05 bits per heavy atom. The summed E-state index contributed by atoms with van der Waals surface area (Å²) in [4.78, 5) is 22.5. The molecular weight excluding hydrogens is 280 g/mol. The minimum Gasteiger partial charge on any atom is -0.458 e. The van der Waals surface area contributed by atoms with Gasteiger partial charge in [-0.3, -0.25) is 4.79 Å². The molecule has 1 atom stereocenters. The molecule has 2 rings (SSSR count). The SMILES string of the molecule is C=CCOC(=O)C(OC=O)c1ccc(-c2ccccc2)cc1. The van der Waals surface area contributed by atoms with Crippen LogP contribution in [0.4, 0.5) is 0 Å². The van der Waals surface area contributed by atoms with Crippen molar-refractivity contribution in [2.75, 3.05) is 6.61 Å². The molecule has 0 heterocycles. The van der Waals surface area contributed by atoms with Crippen LogP contribution in [-0.2, 0) is 19.1 Å². The molecule has 0 aromatic heterocycles. The second-order valence-corrected chi connectivity index (χ2v) is 4.52. The lowest BCUT2D eigenvalue weighted by atomic mass is 10.0. The molecule has 0 saturated heterocycles. The van der Waals surface area contributed by atoms with E-state index in [0.717, 1.165) is 11.1 Å². The van der Waals surface area contributed by atoms with Crippen LogP contribution in [0.3, 0.4) is 0 Å². The van der Waals surface area contributed by atoms with Crippen molar-refractivity contribution < 1.29 is 19.1 Å². The van der Waals surface area contributed by atoms with E-state index in [1.54, 1.807) is 12.1 Å². The zero-order chi connectivity index (χ0) is 15.8. The molecule has 0 aliphatic rings. The minimum atomic E-state index is -1.07. The molecule has 0 spiro atoms. The number of carbonyl (C=O) groups excluding carboxylic acids is 2. The molecule has 2 aromatic carbocycles. The molecule has 0 fully saturated rings. The number of rotatable bonds is 7. The molecule has 0 radical (unpaired) electrons. The molecule has 4 heteroatoms. The number of benzene rings is 2. The van der Waals surface area contributed by atoms with Gasteiger partial charge < -0.3 is 9.47 Å². The van der Waals surface area contributed by atoms with Crippen molar-refractivity contribution in [2.24, 2.45) is 0 Å². The first-order valence-corrected chi connectivity index (χ1v) is 6.78. The van der Waals surface area contributed by atoms with Crippen LogP contribution in [0, 0.1) is 0 Å². The van der Waals surface area contributed by atoms with Gasteiger partial charge in [-0.1, -0.05) is 67.3 Å². The van der Waals surface area contributed by atoms with Crippen LogP contribution in [0.15, 0.2) is 67.3 Å². The normalized spacial score (nSPS) is 11.3. The molecule has 112 valence electrons. The molecule has 1 unspecified atom stereocenters. The van der Waals surface area contributed by atoms with Gasteiger partial charge in [-0.25, -0.2) is 4.79 Å². The van der Waals surface area contributed by atoms with Crippen LogP contribution in [0.5, 0.6) is 0 Å². The highest BCUT2D eigenvalue weighted by Gasteiger charge is 2.23. The van der Waals surface area contributed by atoms with Gasteiger partial charge in [-0.2, -0.15) is 0 Å². The van der Waals surface area contributed by atoms with Crippen LogP contribution in [0.1, 0.15) is 11.7 Å². The van der Waals surface area contributed by atoms with Crippen molar-refractivity contribution in [3.05, 3.63) is 72.8 Å². The van der Waals surface area contributed by atoms with E-state index in [-0.39, 0.29) is 13.1 Å². The topological polar surface area (TPSA) is 52.6 Å². The van der Waals surface area contributed by atoms with Crippen molar-refractivity contribution >= 4 is 12.4 Å². The Labute approximate surface area is 129 Å². The maximum Gasteiger partial charge on any atom is 0.352 e. The third-order valence-electron chi connectivity index (χ3n) is 3.07. The van der Waals surface area contributed by atoms with Crippen molar-refractivity contribution in [1.29, 1.82) is 0 Å². The highest BCUT2D eigenvalue weighted by Crippen LogP contribution is 2.24. The third kappa shape index (κ3) is 3.82. The number of ether oxygens (including phenoxy) is 2. The average Bonchev–Trinajstić information content (AvgIpc) is 2.58. The minimum absolute atomic E-state index is 0.0691. The van der Waals surface area contributed by atoms with Gasteiger partial charge in [0.15, 0.2) is 0 Å². The van der Waals surface area contributed by atoms with Crippen molar-refractivity contribution in [1.82, 2.24) is 0 Å². The van der Waals surface area contributed by atoms with Gasteiger partial charge in [0.2, 0.25) is 6.10 Å². The second kappa shape index (κ2) is 7.78. The molecule has 0 aliphatic heterocycles. The Balaban J connectivity index is 2.20. The Kier molecular flexibility index (Phi) is 5.49. The summed E-state index contributed by atoms with van der Waals surface area (Å²) in [6.07, 6.45) is 0.385. The number of carbonyl (C=O) groups is 2. The lowest BCUT2D eigenvalue weighted by Gasteiger charge is -2.14. The maximum atomic E-state index is 11.9. The van der Waals surface area contributed by atoms with E-state index in [1.807, 2.05) is 42.5 Å². The molecule has 22 heavy (non-hydrogen) atoms. The zero-order valence-corrected chi connectivity index (χ0v) is 12.0. The van der Waals surface area contributed by atoms with Crippen molar-refractivity contribution in [3.8, 4) is 11.1 Å². The average molecular weight is 296 g/mol. The maximum absolute atomic E-state index is 11.9. The van der Waals surface area contributed by atoms with Crippen LogP contribution in [-0.4, -0.2) is 19.0 Å². The standard InChI is InChI=1S/C18H16O4/c1-2-12-21-18(20)17(22-13-19)16-10-8-15(9-11-16)14-6-4-3-5-7-14/h2-11,13,17H,1,12H2. The van der Waals surface area contributed by atoms with E-state index in [0.29, 0.717) is 5.56 Å². The summed E-state index contributed by atoms with van der Waals surface area (Å²) in [5, 5.41) is 0. The van der Waals surface area contributed by atoms with Gasteiger partial charge in [0.05, 0.1) is 0 Å². The van der Waals surface area contributed by atoms with Crippen LogP contribution in [0.25, 0.3) is 11.1 Å². The number of esters is 1. The van der Waals surface area contributed by atoms with E-state index >= 15 is 0 Å². The summed E-state index contributed by atoms with van der Waals surface area (Å²) >= 11 is 0. The van der Waals surface area contributed by atoms with E-state index < -0.39 is 12.1 Å². The predicted octanol–water partition coefficient (Wildman–Crippen LogP) is 3.30. The summed E-state index contributed by atoms with van der Waals surface area (Å²) in [5.41, 5.74) is 2.63. The van der Waals surface area contributed by atoms with E-state index in [2.05, 4.69) is 6.58 Å². The number of hydrogen-bond acceptors (Lipinski definition) is 4. The monoisotopic (exact) mass is 296 g/mol. The van der Waals surface area contributed by atoms with Gasteiger partial charge in [-0.05, 0) is 11.1 Å². The molecule has 4 nitrogen and oxygen atoms in total. The molecule has 0 N–H and O–H groups in total. The summed E-state index contributed by atoms with van der Waals surface area (Å²) in [6.45, 7) is 3.78. The Morgan fingerprint density at radius 2 is 1.68 bits per heavy atom. The molecule has 0 saturated carbocycles. The number of hydrogen-bond donors (Lipinski definition) is 0. The van der Waals surface area contributed by atoms with Crippen LogP contribution in [0.2, 0.25) is 0 Å². The van der Waals surface area contributed by atoms with Gasteiger partial charge >= 0.3 is 5.97 Å². The molecule has 0 amide bonds. The summed E-state index contributed by atoms with van der Waals surface area (Å²) in [5.74, 6) is -0.625. The third-order valence-corrected chi connectivity index (χ3v) is 3.07. The fourth-order valence-corrected chi connectivity index (χ4v) is 2.02. The summed E-state index contributed by atoms with van der Waals surface area (Å²) < 4.78 is 9.78. The Morgan fingerprint density at radius 3 is 2.27 bits per heavy atom. The predicted molar refractivity (Wildman–Crippen MR) is 82.9 cm³/mol. The Bertz CT molecular complexity index is 632. The lowest BCUT2D eigenvalue weighted by molar-refractivity contribution is -0.161. The Hall–Kier alpha value is -2.88. The van der Waals surface area contributed by atoms with Gasteiger partial charge in [0.1, 0.15) is 6.61 Å². The van der Waals surface area contributed by atoms with Gasteiger partial charge in [0.25, 0.3) is 6.47 Å². The first kappa shape index (κ1) is 15.5. The first-order chi connectivity index (χ1) is 10.8. The fraction of sp³-hybridized carbons (Fsp3) is 0.111. The quantitative estimate of drug-likeness (QED) is 0.447. The molecule has 0 aliphatic carbocycles. The fourth-order valence-electron chi connectivity index (χ4n) is 2.02. The summed E-state index contributed by atoms with van der Waals surface area (Å²) in [7, 11) is 0.